The standard InChI is InChI=1S/C11H15N7O/c12-10-3-6-18(15-10)8-1-4-17(5-2-8)11(19)9-7-13-16-14-9/h3,6-8H,1-2,4-5H2,(H2,12,15)(H,13,14,16). The van der Waals surface area contributed by atoms with Gasteiger partial charge in [0, 0.05) is 19.3 Å². The van der Waals surface area contributed by atoms with Crippen molar-refractivity contribution in [1.82, 2.24) is 30.1 Å². The second-order valence-corrected chi connectivity index (χ2v) is 4.60. The Morgan fingerprint density at radius 2 is 2.21 bits per heavy atom. The van der Waals surface area contributed by atoms with E-state index in [2.05, 4.69) is 20.5 Å². The first kappa shape index (κ1) is 11.7. The van der Waals surface area contributed by atoms with Gasteiger partial charge in [0.2, 0.25) is 0 Å². The van der Waals surface area contributed by atoms with Crippen LogP contribution in [0.25, 0.3) is 0 Å². The van der Waals surface area contributed by atoms with Crippen LogP contribution in [0, 0.1) is 0 Å². The SMILES string of the molecule is Nc1ccn(C2CCN(C(=O)c3cn[nH]n3)CC2)n1. The number of anilines is 1. The number of piperidine rings is 1. The van der Waals surface area contributed by atoms with Crippen LogP contribution >= 0.6 is 0 Å². The molecule has 8 heteroatoms. The topological polar surface area (TPSA) is 106 Å². The van der Waals surface area contributed by atoms with Crippen LogP contribution in [-0.4, -0.2) is 49.1 Å². The number of carbonyl (C=O) groups excluding carboxylic acids is 1. The van der Waals surface area contributed by atoms with Gasteiger partial charge in [-0.1, -0.05) is 0 Å². The number of aromatic nitrogens is 5. The Labute approximate surface area is 109 Å². The van der Waals surface area contributed by atoms with Gasteiger partial charge >= 0.3 is 0 Å². The number of hydrogen-bond donors (Lipinski definition) is 2. The van der Waals surface area contributed by atoms with E-state index in [9.17, 15) is 4.79 Å². The number of H-pyrrole nitrogens is 1. The Hall–Kier alpha value is -2.38. The van der Waals surface area contributed by atoms with Gasteiger partial charge in [0.25, 0.3) is 5.91 Å². The molecular formula is C11H15N7O. The summed E-state index contributed by atoms with van der Waals surface area (Å²) in [5.74, 6) is 0.452. The Kier molecular flexibility index (Phi) is 2.90. The molecule has 3 N–H and O–H groups in total. The van der Waals surface area contributed by atoms with E-state index in [1.54, 1.807) is 11.0 Å². The summed E-state index contributed by atoms with van der Waals surface area (Å²) in [6, 6.07) is 2.09. The van der Waals surface area contributed by atoms with Crippen LogP contribution in [-0.2, 0) is 0 Å². The molecule has 0 spiro atoms. The molecule has 1 aliphatic rings. The van der Waals surface area contributed by atoms with Gasteiger partial charge in [-0.25, -0.2) is 0 Å². The van der Waals surface area contributed by atoms with Crippen molar-refractivity contribution in [3.8, 4) is 0 Å². The zero-order valence-corrected chi connectivity index (χ0v) is 10.4. The third-order valence-corrected chi connectivity index (χ3v) is 3.39. The predicted molar refractivity (Wildman–Crippen MR) is 67.2 cm³/mol. The lowest BCUT2D eigenvalue weighted by Crippen LogP contribution is -2.39. The third kappa shape index (κ3) is 2.28. The van der Waals surface area contributed by atoms with Crippen LogP contribution in [0.4, 0.5) is 5.82 Å². The molecule has 1 saturated heterocycles. The molecule has 0 aromatic carbocycles. The second kappa shape index (κ2) is 4.71. The first-order chi connectivity index (χ1) is 9.24. The number of nitrogens with two attached hydrogens (primary N) is 1. The summed E-state index contributed by atoms with van der Waals surface area (Å²) in [5, 5.41) is 14.1. The average Bonchev–Trinajstić information content (AvgIpc) is 3.09. The Morgan fingerprint density at radius 1 is 1.42 bits per heavy atom. The van der Waals surface area contributed by atoms with Crippen molar-refractivity contribution < 1.29 is 4.79 Å². The molecule has 8 nitrogen and oxygen atoms in total. The van der Waals surface area contributed by atoms with Gasteiger partial charge in [-0.15, -0.1) is 0 Å². The minimum Gasteiger partial charge on any atom is -0.382 e. The molecule has 2 aromatic heterocycles. The molecule has 0 aliphatic carbocycles. The largest absolute Gasteiger partial charge is 0.382 e. The zero-order valence-electron chi connectivity index (χ0n) is 10.4. The molecule has 1 aliphatic heterocycles. The number of amides is 1. The summed E-state index contributed by atoms with van der Waals surface area (Å²) in [6.07, 6.45) is 5.06. The molecule has 0 atom stereocenters. The van der Waals surface area contributed by atoms with Crippen LogP contribution in [0.2, 0.25) is 0 Å². The highest BCUT2D eigenvalue weighted by molar-refractivity contribution is 5.91. The lowest BCUT2D eigenvalue weighted by molar-refractivity contribution is 0.0684. The monoisotopic (exact) mass is 261 g/mol. The van der Waals surface area contributed by atoms with Crippen molar-refractivity contribution in [2.75, 3.05) is 18.8 Å². The van der Waals surface area contributed by atoms with Gasteiger partial charge in [0.05, 0.1) is 12.2 Å². The van der Waals surface area contributed by atoms with Crippen LogP contribution in [0.5, 0.6) is 0 Å². The van der Waals surface area contributed by atoms with Crippen LogP contribution in [0.1, 0.15) is 29.4 Å². The summed E-state index contributed by atoms with van der Waals surface area (Å²) < 4.78 is 1.88. The minimum absolute atomic E-state index is 0.0767. The summed E-state index contributed by atoms with van der Waals surface area (Å²) in [6.45, 7) is 1.38. The average molecular weight is 261 g/mol. The van der Waals surface area contributed by atoms with Crippen molar-refractivity contribution in [1.29, 1.82) is 0 Å². The molecule has 0 bridgehead atoms. The van der Waals surface area contributed by atoms with E-state index in [1.807, 2.05) is 10.9 Å². The number of likely N-dealkylation sites (tertiary alicyclic amines) is 1. The lowest BCUT2D eigenvalue weighted by atomic mass is 10.1. The quantitative estimate of drug-likeness (QED) is 0.795. The first-order valence-electron chi connectivity index (χ1n) is 6.20. The molecule has 3 heterocycles. The van der Waals surface area contributed by atoms with Crippen molar-refractivity contribution in [2.45, 2.75) is 18.9 Å². The molecule has 0 unspecified atom stereocenters. The van der Waals surface area contributed by atoms with Gasteiger partial charge < -0.3 is 10.6 Å². The number of nitrogens with zero attached hydrogens (tertiary/aromatic N) is 5. The maximum absolute atomic E-state index is 12.1. The van der Waals surface area contributed by atoms with Gasteiger partial charge in [-0.05, 0) is 18.9 Å². The fourth-order valence-corrected chi connectivity index (χ4v) is 2.36. The van der Waals surface area contributed by atoms with E-state index >= 15 is 0 Å². The third-order valence-electron chi connectivity index (χ3n) is 3.39. The predicted octanol–water partition coefficient (Wildman–Crippen LogP) is 0.0607. The Bertz CT molecular complexity index is 553. The Morgan fingerprint density at radius 3 is 2.79 bits per heavy atom. The van der Waals surface area contributed by atoms with Crippen LogP contribution in [0.15, 0.2) is 18.5 Å². The van der Waals surface area contributed by atoms with Gasteiger partial charge in [-0.3, -0.25) is 9.48 Å². The van der Waals surface area contributed by atoms with E-state index in [4.69, 9.17) is 5.73 Å². The lowest BCUT2D eigenvalue weighted by Gasteiger charge is -2.31. The number of hydrogen-bond acceptors (Lipinski definition) is 5. The van der Waals surface area contributed by atoms with E-state index in [0.29, 0.717) is 30.6 Å². The number of aromatic amines is 1. The molecule has 100 valence electrons. The normalized spacial score (nSPS) is 16.7. The number of carbonyl (C=O) groups is 1. The molecule has 1 amide bonds. The van der Waals surface area contributed by atoms with Gasteiger partial charge in [0.1, 0.15) is 5.82 Å². The molecule has 0 radical (unpaired) electrons. The van der Waals surface area contributed by atoms with Crippen molar-refractivity contribution in [3.63, 3.8) is 0 Å². The summed E-state index contributed by atoms with van der Waals surface area (Å²) in [4.78, 5) is 13.9. The number of rotatable bonds is 2. The fourth-order valence-electron chi connectivity index (χ4n) is 2.36. The molecule has 2 aromatic rings. The number of nitrogens with one attached hydrogen (secondary N) is 1. The van der Waals surface area contributed by atoms with Gasteiger partial charge in [0.15, 0.2) is 5.69 Å². The maximum Gasteiger partial charge on any atom is 0.276 e. The zero-order chi connectivity index (χ0) is 13.2. The van der Waals surface area contributed by atoms with Gasteiger partial charge in [-0.2, -0.15) is 20.5 Å². The second-order valence-electron chi connectivity index (χ2n) is 4.60. The van der Waals surface area contributed by atoms with Crippen LogP contribution in [0.3, 0.4) is 0 Å². The van der Waals surface area contributed by atoms with Crippen LogP contribution < -0.4 is 5.73 Å². The van der Waals surface area contributed by atoms with E-state index in [1.165, 1.54) is 6.20 Å². The minimum atomic E-state index is -0.0767. The smallest absolute Gasteiger partial charge is 0.276 e. The van der Waals surface area contributed by atoms with Crippen molar-refractivity contribution in [2.24, 2.45) is 0 Å². The summed E-state index contributed by atoms with van der Waals surface area (Å²) in [7, 11) is 0. The highest BCUT2D eigenvalue weighted by Gasteiger charge is 2.25. The Balaban J connectivity index is 1.62. The number of nitrogen functional groups attached to an aromatic ring is 1. The summed E-state index contributed by atoms with van der Waals surface area (Å²) >= 11 is 0. The molecular weight excluding hydrogens is 246 g/mol. The van der Waals surface area contributed by atoms with E-state index in [-0.39, 0.29) is 5.91 Å². The van der Waals surface area contributed by atoms with E-state index in [0.717, 1.165) is 12.8 Å². The molecule has 1 fully saturated rings. The molecule has 3 rings (SSSR count). The molecule has 19 heavy (non-hydrogen) atoms. The summed E-state index contributed by atoms with van der Waals surface area (Å²) in [5.41, 5.74) is 5.97. The highest BCUT2D eigenvalue weighted by Crippen LogP contribution is 2.23. The highest BCUT2D eigenvalue weighted by atomic mass is 16.2. The van der Waals surface area contributed by atoms with Crippen molar-refractivity contribution >= 4 is 11.7 Å². The van der Waals surface area contributed by atoms with E-state index < -0.39 is 0 Å². The first-order valence-corrected chi connectivity index (χ1v) is 6.20. The fraction of sp³-hybridized carbons (Fsp3) is 0.455. The maximum atomic E-state index is 12.1. The molecule has 0 saturated carbocycles. The van der Waals surface area contributed by atoms with Crippen molar-refractivity contribution in [3.05, 3.63) is 24.2 Å².